The van der Waals surface area contributed by atoms with Crippen molar-refractivity contribution in [3.05, 3.63) is 29.6 Å². The average molecular weight is 545 g/mol. The van der Waals surface area contributed by atoms with Gasteiger partial charge in [-0.25, -0.2) is 9.59 Å². The minimum atomic E-state index is -5.08. The second-order valence-corrected chi connectivity index (χ2v) is 8.39. The molecule has 3 rings (SSSR count). The molecule has 1 aliphatic heterocycles. The van der Waals surface area contributed by atoms with Gasteiger partial charge in [-0.1, -0.05) is 0 Å². The van der Waals surface area contributed by atoms with E-state index >= 15 is 0 Å². The summed E-state index contributed by atoms with van der Waals surface area (Å²) in [5.41, 5.74) is 1.25. The van der Waals surface area contributed by atoms with Crippen LogP contribution in [0, 0.1) is 0 Å². The summed E-state index contributed by atoms with van der Waals surface area (Å²) in [6, 6.07) is 0.510. The molecule has 2 aromatic heterocycles. The maximum Gasteiger partial charge on any atom is 0.490 e. The van der Waals surface area contributed by atoms with Gasteiger partial charge in [0, 0.05) is 44.5 Å². The molecule has 0 bridgehead atoms. The van der Waals surface area contributed by atoms with Crippen LogP contribution in [0.15, 0.2) is 12.4 Å². The van der Waals surface area contributed by atoms with Crippen molar-refractivity contribution >= 4 is 11.9 Å². The second kappa shape index (κ2) is 13.4. The molecule has 1 aliphatic rings. The summed E-state index contributed by atoms with van der Waals surface area (Å²) in [4.78, 5) is 22.5. The summed E-state index contributed by atoms with van der Waals surface area (Å²) in [5, 5.41) is 27.4. The Labute approximate surface area is 208 Å². The number of aryl methyl sites for hydroxylation is 1. The molecule has 0 aliphatic carbocycles. The standard InChI is InChI=1S/C16H27N7.2C2HF3O2/c1-13(2)20(3)11-15-18-19-16-12-22(6-5-7-23(15)16)10-14-8-17-21(4)9-14;2*3-2(4,5)1(6)7/h8-9,13H,5-7,10-12H2,1-4H3;2*(H,6,7). The molecule has 210 valence electrons. The molecule has 0 fully saturated rings. The first-order valence-corrected chi connectivity index (χ1v) is 10.8. The highest BCUT2D eigenvalue weighted by atomic mass is 19.4. The van der Waals surface area contributed by atoms with Crippen molar-refractivity contribution < 1.29 is 46.1 Å². The van der Waals surface area contributed by atoms with Gasteiger partial charge in [0.2, 0.25) is 0 Å². The topological polar surface area (TPSA) is 130 Å². The monoisotopic (exact) mass is 545 g/mol. The fourth-order valence-electron chi connectivity index (χ4n) is 2.95. The van der Waals surface area contributed by atoms with Crippen LogP contribution >= 0.6 is 0 Å². The van der Waals surface area contributed by atoms with Gasteiger partial charge in [-0.3, -0.25) is 14.5 Å². The molecule has 0 saturated carbocycles. The Morgan fingerprint density at radius 2 is 1.59 bits per heavy atom. The van der Waals surface area contributed by atoms with Crippen molar-refractivity contribution in [2.24, 2.45) is 7.05 Å². The normalized spacial score (nSPS) is 14.3. The molecule has 0 spiro atoms. The highest BCUT2D eigenvalue weighted by Crippen LogP contribution is 2.17. The van der Waals surface area contributed by atoms with Crippen LogP contribution in [0.2, 0.25) is 0 Å². The third-order valence-electron chi connectivity index (χ3n) is 5.05. The first kappa shape index (κ1) is 31.8. The van der Waals surface area contributed by atoms with E-state index in [9.17, 15) is 26.3 Å². The first-order chi connectivity index (χ1) is 16.9. The number of aliphatic carboxylic acids is 2. The zero-order valence-electron chi connectivity index (χ0n) is 20.6. The number of halogens is 6. The van der Waals surface area contributed by atoms with E-state index in [1.165, 1.54) is 5.56 Å². The summed E-state index contributed by atoms with van der Waals surface area (Å²) < 4.78 is 67.6. The van der Waals surface area contributed by atoms with Gasteiger partial charge in [-0.15, -0.1) is 10.2 Å². The maximum atomic E-state index is 10.6. The van der Waals surface area contributed by atoms with Crippen LogP contribution in [0.25, 0.3) is 0 Å². The van der Waals surface area contributed by atoms with Gasteiger partial charge < -0.3 is 14.8 Å². The first-order valence-electron chi connectivity index (χ1n) is 10.8. The molecule has 0 saturated heterocycles. The Bertz CT molecular complexity index is 996. The Hall–Kier alpha value is -3.21. The van der Waals surface area contributed by atoms with Crippen molar-refractivity contribution in [2.75, 3.05) is 13.6 Å². The van der Waals surface area contributed by atoms with E-state index in [2.05, 4.69) is 56.8 Å². The zero-order chi connectivity index (χ0) is 28.6. The largest absolute Gasteiger partial charge is 0.490 e. The van der Waals surface area contributed by atoms with Gasteiger partial charge in [0.25, 0.3) is 0 Å². The lowest BCUT2D eigenvalue weighted by molar-refractivity contribution is -0.193. The molecule has 0 atom stereocenters. The van der Waals surface area contributed by atoms with Crippen molar-refractivity contribution in [1.29, 1.82) is 0 Å². The Morgan fingerprint density at radius 1 is 1.05 bits per heavy atom. The molecule has 2 aromatic rings. The summed E-state index contributed by atoms with van der Waals surface area (Å²) in [6.07, 6.45) is -5.01. The van der Waals surface area contributed by atoms with Crippen LogP contribution in [0.4, 0.5) is 26.3 Å². The van der Waals surface area contributed by atoms with E-state index in [4.69, 9.17) is 19.8 Å². The predicted octanol–water partition coefficient (Wildman–Crippen LogP) is 2.52. The van der Waals surface area contributed by atoms with Crippen molar-refractivity contribution in [3.8, 4) is 0 Å². The van der Waals surface area contributed by atoms with Crippen LogP contribution in [-0.2, 0) is 42.8 Å². The van der Waals surface area contributed by atoms with Gasteiger partial charge >= 0.3 is 24.3 Å². The number of rotatable bonds is 5. The predicted molar refractivity (Wildman–Crippen MR) is 116 cm³/mol. The summed E-state index contributed by atoms with van der Waals surface area (Å²) in [5.74, 6) is -3.35. The van der Waals surface area contributed by atoms with E-state index < -0.39 is 24.3 Å². The number of aromatic nitrogens is 5. The van der Waals surface area contributed by atoms with Gasteiger partial charge in [0.15, 0.2) is 0 Å². The summed E-state index contributed by atoms with van der Waals surface area (Å²) in [7, 11) is 4.10. The minimum Gasteiger partial charge on any atom is -0.475 e. The third-order valence-corrected chi connectivity index (χ3v) is 5.05. The fourth-order valence-corrected chi connectivity index (χ4v) is 2.95. The number of alkyl halides is 6. The van der Waals surface area contributed by atoms with E-state index in [0.29, 0.717) is 6.04 Å². The molecule has 11 nitrogen and oxygen atoms in total. The maximum absolute atomic E-state index is 10.6. The van der Waals surface area contributed by atoms with Crippen LogP contribution < -0.4 is 0 Å². The molecule has 0 unspecified atom stereocenters. The second-order valence-electron chi connectivity index (χ2n) is 8.39. The number of hydrogen-bond donors (Lipinski definition) is 2. The number of hydrogen-bond acceptors (Lipinski definition) is 7. The minimum absolute atomic E-state index is 0.510. The van der Waals surface area contributed by atoms with Gasteiger partial charge in [-0.05, 0) is 27.3 Å². The third kappa shape index (κ3) is 11.2. The van der Waals surface area contributed by atoms with Crippen LogP contribution in [0.1, 0.15) is 37.5 Å². The lowest BCUT2D eigenvalue weighted by atomic mass is 10.3. The van der Waals surface area contributed by atoms with Crippen LogP contribution in [0.5, 0.6) is 0 Å². The summed E-state index contributed by atoms with van der Waals surface area (Å²) >= 11 is 0. The molecule has 0 radical (unpaired) electrons. The number of nitrogens with zero attached hydrogens (tertiary/aromatic N) is 7. The molecule has 37 heavy (non-hydrogen) atoms. The quantitative estimate of drug-likeness (QED) is 0.545. The van der Waals surface area contributed by atoms with E-state index in [0.717, 1.165) is 50.8 Å². The van der Waals surface area contributed by atoms with E-state index in [1.807, 2.05) is 17.9 Å². The Morgan fingerprint density at radius 3 is 2.03 bits per heavy atom. The molecular formula is C20H29F6N7O4. The van der Waals surface area contributed by atoms with E-state index in [1.54, 1.807) is 0 Å². The zero-order valence-corrected chi connectivity index (χ0v) is 20.6. The molecular weight excluding hydrogens is 516 g/mol. The molecule has 3 heterocycles. The smallest absolute Gasteiger partial charge is 0.475 e. The molecule has 0 amide bonds. The molecule has 2 N–H and O–H groups in total. The van der Waals surface area contributed by atoms with Crippen LogP contribution in [-0.4, -0.2) is 88.5 Å². The Balaban J connectivity index is 0.000000404. The molecule has 17 heteroatoms. The number of carboxylic acids is 2. The highest BCUT2D eigenvalue weighted by Gasteiger charge is 2.38. The van der Waals surface area contributed by atoms with Crippen molar-refractivity contribution in [3.63, 3.8) is 0 Å². The fraction of sp³-hybridized carbons (Fsp3) is 0.650. The SMILES string of the molecule is CC(C)N(C)Cc1nnc2n1CCCN(Cc1cnn(C)c1)C2.O=C(O)C(F)(F)F.O=C(O)C(F)(F)F. The van der Waals surface area contributed by atoms with Crippen molar-refractivity contribution in [2.45, 2.75) is 64.8 Å². The lowest BCUT2D eigenvalue weighted by Crippen LogP contribution is -2.27. The van der Waals surface area contributed by atoms with Crippen LogP contribution in [0.3, 0.4) is 0 Å². The highest BCUT2D eigenvalue weighted by molar-refractivity contribution is 5.73. The average Bonchev–Trinajstić information content (AvgIpc) is 3.26. The summed E-state index contributed by atoms with van der Waals surface area (Å²) in [6.45, 7) is 9.12. The Kier molecular flexibility index (Phi) is 11.5. The lowest BCUT2D eigenvalue weighted by Gasteiger charge is -2.20. The van der Waals surface area contributed by atoms with Gasteiger partial charge in [-0.2, -0.15) is 31.4 Å². The van der Waals surface area contributed by atoms with Gasteiger partial charge in [0.05, 0.1) is 19.3 Å². The van der Waals surface area contributed by atoms with Gasteiger partial charge in [0.1, 0.15) is 11.6 Å². The van der Waals surface area contributed by atoms with E-state index in [-0.39, 0.29) is 0 Å². The number of carboxylic acid groups (broad SMARTS) is 2. The number of fused-ring (bicyclic) bond motifs is 1. The molecule has 0 aromatic carbocycles. The van der Waals surface area contributed by atoms with Crippen molar-refractivity contribution in [1.82, 2.24) is 34.3 Å². The number of carbonyl (C=O) groups is 2.